The highest BCUT2D eigenvalue weighted by atomic mass is 19.4. The highest BCUT2D eigenvalue weighted by Gasteiger charge is 2.34. The van der Waals surface area contributed by atoms with Crippen molar-refractivity contribution < 1.29 is 36.6 Å². The minimum atomic E-state index is -4.90. The molecule has 0 aliphatic heterocycles. The number of hydrogen-bond donors (Lipinski definition) is 2. The number of benzene rings is 3. The summed E-state index contributed by atoms with van der Waals surface area (Å²) in [5.41, 5.74) is -1.50. The van der Waals surface area contributed by atoms with Crippen molar-refractivity contribution in [3.8, 4) is 11.6 Å². The fourth-order valence-electron chi connectivity index (χ4n) is 3.26. The Morgan fingerprint density at radius 2 is 1.78 bits per heavy atom. The molecule has 2 N–H and O–H groups in total. The first-order chi connectivity index (χ1) is 17.1. The van der Waals surface area contributed by atoms with Crippen molar-refractivity contribution in [1.82, 2.24) is 9.97 Å². The van der Waals surface area contributed by atoms with Crippen LogP contribution in [-0.4, -0.2) is 29.1 Å². The Morgan fingerprint density at radius 3 is 2.53 bits per heavy atom. The van der Waals surface area contributed by atoms with Crippen LogP contribution >= 0.6 is 0 Å². The summed E-state index contributed by atoms with van der Waals surface area (Å²) in [5, 5.41) is 5.77. The van der Waals surface area contributed by atoms with E-state index in [-0.39, 0.29) is 23.1 Å². The third kappa shape index (κ3) is 5.49. The summed E-state index contributed by atoms with van der Waals surface area (Å²) in [7, 11) is 1.19. The van der Waals surface area contributed by atoms with Crippen molar-refractivity contribution in [3.63, 3.8) is 0 Å². The van der Waals surface area contributed by atoms with Gasteiger partial charge in [0.1, 0.15) is 11.6 Å². The van der Waals surface area contributed by atoms with Gasteiger partial charge in [-0.2, -0.15) is 18.2 Å². The molecule has 1 heterocycles. The Bertz CT molecular complexity index is 1460. The largest absolute Gasteiger partial charge is 0.453 e. The number of ether oxygens (including phenoxy) is 2. The summed E-state index contributed by atoms with van der Waals surface area (Å²) in [6, 6.07) is 13.3. The molecule has 2 amide bonds. The molecule has 4 rings (SSSR count). The predicted molar refractivity (Wildman–Crippen MR) is 121 cm³/mol. The zero-order chi connectivity index (χ0) is 25.9. The van der Waals surface area contributed by atoms with Crippen LogP contribution in [0.25, 0.3) is 10.8 Å². The van der Waals surface area contributed by atoms with Crippen molar-refractivity contribution in [2.24, 2.45) is 0 Å². The van der Waals surface area contributed by atoms with Crippen LogP contribution in [0.5, 0.6) is 11.6 Å². The summed E-state index contributed by atoms with van der Waals surface area (Å²) in [5.74, 6) is -1.66. The average molecular weight is 500 g/mol. The lowest BCUT2D eigenvalue weighted by Crippen LogP contribution is -2.14. The second kappa shape index (κ2) is 9.86. The number of carbonyl (C=O) groups is 2. The quantitative estimate of drug-likeness (QED) is 0.326. The maximum atomic E-state index is 13.5. The van der Waals surface area contributed by atoms with E-state index in [1.165, 1.54) is 25.4 Å². The van der Waals surface area contributed by atoms with Crippen molar-refractivity contribution in [1.29, 1.82) is 0 Å². The van der Waals surface area contributed by atoms with E-state index >= 15 is 0 Å². The molecule has 0 bridgehead atoms. The molecule has 0 aliphatic carbocycles. The number of hydrogen-bond acceptors (Lipinski definition) is 6. The van der Waals surface area contributed by atoms with E-state index < -0.39 is 29.6 Å². The molecule has 0 atom stereocenters. The number of anilines is 2. The van der Waals surface area contributed by atoms with E-state index in [0.717, 1.165) is 6.07 Å². The van der Waals surface area contributed by atoms with Crippen LogP contribution in [0.2, 0.25) is 0 Å². The molecular formula is C24H16F4N4O4. The molecule has 4 aromatic rings. The first-order valence-electron chi connectivity index (χ1n) is 10.2. The number of amides is 2. The van der Waals surface area contributed by atoms with Gasteiger partial charge in [-0.05, 0) is 53.2 Å². The molecule has 12 heteroatoms. The van der Waals surface area contributed by atoms with Crippen molar-refractivity contribution in [2.45, 2.75) is 6.18 Å². The molecule has 0 fully saturated rings. The third-order valence-corrected chi connectivity index (χ3v) is 4.88. The zero-order valence-electron chi connectivity index (χ0n) is 18.4. The van der Waals surface area contributed by atoms with Gasteiger partial charge in [-0.15, -0.1) is 0 Å². The predicted octanol–water partition coefficient (Wildman–Crippen LogP) is 6.01. The third-order valence-electron chi connectivity index (χ3n) is 4.88. The maximum Gasteiger partial charge on any atom is 0.419 e. The monoisotopic (exact) mass is 500 g/mol. The highest BCUT2D eigenvalue weighted by molar-refractivity contribution is 6.13. The van der Waals surface area contributed by atoms with Gasteiger partial charge in [-0.3, -0.25) is 10.1 Å². The van der Waals surface area contributed by atoms with Crippen LogP contribution < -0.4 is 15.4 Å². The van der Waals surface area contributed by atoms with Crippen LogP contribution in [-0.2, 0) is 10.9 Å². The molecule has 0 aliphatic rings. The lowest BCUT2D eigenvalue weighted by atomic mass is 10.0. The molecule has 0 radical (unpaired) electrons. The summed E-state index contributed by atoms with van der Waals surface area (Å²) in [4.78, 5) is 32.1. The maximum absolute atomic E-state index is 13.5. The van der Waals surface area contributed by atoms with Gasteiger partial charge in [0.05, 0.1) is 12.7 Å². The lowest BCUT2D eigenvalue weighted by molar-refractivity contribution is -0.139. The van der Waals surface area contributed by atoms with Gasteiger partial charge < -0.3 is 14.8 Å². The number of alkyl halides is 3. The van der Waals surface area contributed by atoms with Crippen LogP contribution in [0.15, 0.2) is 66.9 Å². The average Bonchev–Trinajstić information content (AvgIpc) is 2.84. The number of fused-ring (bicyclic) bond motifs is 1. The Morgan fingerprint density at radius 1 is 0.972 bits per heavy atom. The van der Waals surface area contributed by atoms with Gasteiger partial charge in [-0.25, -0.2) is 14.2 Å². The number of carbonyl (C=O) groups excluding carboxylic acids is 2. The number of rotatable bonds is 5. The van der Waals surface area contributed by atoms with Crippen molar-refractivity contribution >= 4 is 34.4 Å². The minimum absolute atomic E-state index is 0.0337. The van der Waals surface area contributed by atoms with E-state index in [1.54, 1.807) is 30.3 Å². The number of aromatic nitrogens is 2. The summed E-state index contributed by atoms with van der Waals surface area (Å²) >= 11 is 0. The molecule has 1 aromatic heterocycles. The van der Waals surface area contributed by atoms with Crippen LogP contribution in [0.4, 0.5) is 34.0 Å². The SMILES string of the molecule is COC(=O)Nc1nccc(Oc2ccc3c(C(=O)Nc4ccc(F)c(C(F)(F)F)c4)cccc3c2)n1. The van der Waals surface area contributed by atoms with E-state index in [4.69, 9.17) is 4.74 Å². The second-order valence-corrected chi connectivity index (χ2v) is 7.27. The van der Waals surface area contributed by atoms with Gasteiger partial charge >= 0.3 is 12.3 Å². The standard InChI is InChI=1S/C24H16F4N4O4/c1-35-23(34)32-22-29-10-9-20(31-22)36-15-6-7-16-13(11-15)3-2-4-17(16)21(33)30-14-5-8-19(25)18(12-14)24(26,27)28/h2-12H,1H3,(H,30,33)(H,29,31,32,34). The smallest absolute Gasteiger partial charge is 0.419 e. The summed E-state index contributed by atoms with van der Waals surface area (Å²) in [6.45, 7) is 0. The van der Waals surface area contributed by atoms with Gasteiger partial charge in [0.2, 0.25) is 11.8 Å². The summed E-state index contributed by atoms with van der Waals surface area (Å²) in [6.07, 6.45) is -4.28. The Hall–Kier alpha value is -4.74. The Labute approximate surface area is 200 Å². The fourth-order valence-corrected chi connectivity index (χ4v) is 3.26. The molecule has 0 spiro atoms. The molecule has 0 saturated heterocycles. The highest BCUT2D eigenvalue weighted by Crippen LogP contribution is 2.33. The zero-order valence-corrected chi connectivity index (χ0v) is 18.4. The van der Waals surface area contributed by atoms with Crippen molar-refractivity contribution in [2.75, 3.05) is 17.7 Å². The first kappa shape index (κ1) is 24.4. The number of nitrogens with zero attached hydrogens (tertiary/aromatic N) is 2. The Balaban J connectivity index is 1.56. The molecule has 0 saturated carbocycles. The molecule has 36 heavy (non-hydrogen) atoms. The van der Waals surface area contributed by atoms with E-state index in [0.29, 0.717) is 28.7 Å². The van der Waals surface area contributed by atoms with Crippen LogP contribution in [0.3, 0.4) is 0 Å². The van der Waals surface area contributed by atoms with Gasteiger partial charge in [0, 0.05) is 23.5 Å². The van der Waals surface area contributed by atoms with Crippen LogP contribution in [0, 0.1) is 5.82 Å². The van der Waals surface area contributed by atoms with Crippen molar-refractivity contribution in [3.05, 3.63) is 83.8 Å². The molecular weight excluding hydrogens is 484 g/mol. The van der Waals surface area contributed by atoms with E-state index in [2.05, 4.69) is 25.3 Å². The molecule has 3 aromatic carbocycles. The minimum Gasteiger partial charge on any atom is -0.453 e. The summed E-state index contributed by atoms with van der Waals surface area (Å²) < 4.78 is 62.7. The van der Waals surface area contributed by atoms with Gasteiger partial charge in [0.25, 0.3) is 5.91 Å². The van der Waals surface area contributed by atoms with Crippen LogP contribution in [0.1, 0.15) is 15.9 Å². The molecule has 0 unspecified atom stereocenters. The van der Waals surface area contributed by atoms with E-state index in [9.17, 15) is 27.2 Å². The number of nitrogens with one attached hydrogen (secondary N) is 2. The molecule has 184 valence electrons. The molecule has 8 nitrogen and oxygen atoms in total. The lowest BCUT2D eigenvalue weighted by Gasteiger charge is -2.12. The normalized spacial score (nSPS) is 11.1. The topological polar surface area (TPSA) is 102 Å². The Kier molecular flexibility index (Phi) is 6.68. The van der Waals surface area contributed by atoms with E-state index in [1.807, 2.05) is 0 Å². The fraction of sp³-hybridized carbons (Fsp3) is 0.0833. The number of halogens is 4. The number of methoxy groups -OCH3 is 1. The van der Waals surface area contributed by atoms with Gasteiger partial charge in [0.15, 0.2) is 0 Å². The first-order valence-corrected chi connectivity index (χ1v) is 10.2. The van der Waals surface area contributed by atoms with Gasteiger partial charge in [-0.1, -0.05) is 12.1 Å². The second-order valence-electron chi connectivity index (χ2n) is 7.27.